The Hall–Kier alpha value is -2.50. The lowest BCUT2D eigenvalue weighted by atomic mass is 9.85. The van der Waals surface area contributed by atoms with Gasteiger partial charge in [0, 0.05) is 17.7 Å². The van der Waals surface area contributed by atoms with Crippen LogP contribution in [0, 0.1) is 0 Å². The highest BCUT2D eigenvalue weighted by molar-refractivity contribution is 6.01. The molecule has 1 aromatic carbocycles. The Balaban J connectivity index is 2.05. The third-order valence-corrected chi connectivity index (χ3v) is 4.03. The van der Waals surface area contributed by atoms with Gasteiger partial charge >= 0.3 is 6.03 Å². The van der Waals surface area contributed by atoms with Gasteiger partial charge in [-0.25, -0.2) is 4.79 Å². The quantitative estimate of drug-likeness (QED) is 0.896. The monoisotopic (exact) mass is 302 g/mol. The van der Waals surface area contributed by atoms with Crippen LogP contribution < -0.4 is 20.1 Å². The van der Waals surface area contributed by atoms with E-state index in [9.17, 15) is 9.59 Å². The van der Waals surface area contributed by atoms with Crippen molar-refractivity contribution in [2.45, 2.75) is 25.3 Å². The molecule has 1 atom stereocenters. The number of benzene rings is 1. The Bertz CT molecular complexity index is 666. The maximum Gasteiger partial charge on any atom is 0.319 e. The fraction of sp³-hybridized carbons (Fsp3) is 0.375. The molecule has 1 aliphatic heterocycles. The number of rotatable bonds is 3. The second-order valence-corrected chi connectivity index (χ2v) is 5.31. The lowest BCUT2D eigenvalue weighted by molar-refractivity contribution is -0.116. The second kappa shape index (κ2) is 5.71. The average molecular weight is 302 g/mol. The highest BCUT2D eigenvalue weighted by atomic mass is 16.5. The zero-order valence-corrected chi connectivity index (χ0v) is 12.6. The Kier molecular flexibility index (Phi) is 3.75. The van der Waals surface area contributed by atoms with E-state index in [0.29, 0.717) is 23.5 Å². The van der Waals surface area contributed by atoms with E-state index in [2.05, 4.69) is 10.6 Å². The van der Waals surface area contributed by atoms with E-state index >= 15 is 0 Å². The Morgan fingerprint density at radius 1 is 1.09 bits per heavy atom. The van der Waals surface area contributed by atoms with Gasteiger partial charge in [0.25, 0.3) is 0 Å². The molecule has 22 heavy (non-hydrogen) atoms. The molecule has 0 saturated carbocycles. The molecule has 0 saturated heterocycles. The van der Waals surface area contributed by atoms with Crippen LogP contribution >= 0.6 is 0 Å². The number of urea groups is 1. The number of hydrogen-bond acceptors (Lipinski definition) is 4. The van der Waals surface area contributed by atoms with E-state index in [1.54, 1.807) is 26.4 Å². The van der Waals surface area contributed by atoms with Crippen molar-refractivity contribution >= 4 is 11.8 Å². The summed E-state index contributed by atoms with van der Waals surface area (Å²) in [4.78, 5) is 24.2. The highest BCUT2D eigenvalue weighted by Gasteiger charge is 2.34. The first-order valence-electron chi connectivity index (χ1n) is 7.19. The second-order valence-electron chi connectivity index (χ2n) is 5.31. The Labute approximate surface area is 128 Å². The highest BCUT2D eigenvalue weighted by Crippen LogP contribution is 2.36. The summed E-state index contributed by atoms with van der Waals surface area (Å²) < 4.78 is 10.5. The van der Waals surface area contributed by atoms with Crippen LogP contribution in [0.4, 0.5) is 4.79 Å². The standard InChI is InChI=1S/C16H18N2O4/c1-21-12-7-6-9(8-13(12)22-2)15-14-10(17-16(20)18-15)4-3-5-11(14)19/h6-8,15H,3-5H2,1-2H3,(H2,17,18,20)/t15-/m1/s1. The molecule has 0 unspecified atom stereocenters. The molecule has 0 radical (unpaired) electrons. The van der Waals surface area contributed by atoms with Crippen LogP contribution in [0.5, 0.6) is 11.5 Å². The summed E-state index contributed by atoms with van der Waals surface area (Å²) in [5.41, 5.74) is 2.19. The molecule has 1 heterocycles. The molecular formula is C16H18N2O4. The molecule has 0 spiro atoms. The summed E-state index contributed by atoms with van der Waals surface area (Å²) in [6.45, 7) is 0. The molecule has 2 N–H and O–H groups in total. The minimum atomic E-state index is -0.448. The number of carbonyl (C=O) groups excluding carboxylic acids is 2. The molecule has 0 aromatic heterocycles. The van der Waals surface area contributed by atoms with Gasteiger partial charge in [0.15, 0.2) is 17.3 Å². The average Bonchev–Trinajstić information content (AvgIpc) is 2.53. The van der Waals surface area contributed by atoms with Gasteiger partial charge in [-0.15, -0.1) is 0 Å². The van der Waals surface area contributed by atoms with Crippen LogP contribution in [0.3, 0.4) is 0 Å². The van der Waals surface area contributed by atoms with Crippen LogP contribution in [0.2, 0.25) is 0 Å². The predicted molar refractivity (Wildman–Crippen MR) is 79.8 cm³/mol. The number of methoxy groups -OCH3 is 2. The van der Waals surface area contributed by atoms with Crippen LogP contribution in [0.1, 0.15) is 30.9 Å². The van der Waals surface area contributed by atoms with Crippen molar-refractivity contribution < 1.29 is 19.1 Å². The van der Waals surface area contributed by atoms with E-state index in [4.69, 9.17) is 9.47 Å². The number of Topliss-reactive ketones (excluding diaryl/α,β-unsaturated/α-hetero) is 1. The van der Waals surface area contributed by atoms with Crippen molar-refractivity contribution in [3.8, 4) is 11.5 Å². The van der Waals surface area contributed by atoms with Crippen LogP contribution in [-0.4, -0.2) is 26.0 Å². The summed E-state index contributed by atoms with van der Waals surface area (Å²) in [5.74, 6) is 1.25. The minimum absolute atomic E-state index is 0.0773. The van der Waals surface area contributed by atoms with Crippen LogP contribution in [-0.2, 0) is 4.79 Å². The molecule has 6 heteroatoms. The van der Waals surface area contributed by atoms with E-state index in [-0.39, 0.29) is 11.8 Å². The lowest BCUT2D eigenvalue weighted by Crippen LogP contribution is -2.46. The fourth-order valence-electron chi connectivity index (χ4n) is 2.99. The SMILES string of the molecule is COc1ccc([C@H]2NC(=O)NC3=C2C(=O)CCC3)cc1OC. The Morgan fingerprint density at radius 2 is 1.86 bits per heavy atom. The first-order chi connectivity index (χ1) is 10.6. The van der Waals surface area contributed by atoms with E-state index in [1.165, 1.54) is 0 Å². The van der Waals surface area contributed by atoms with Crippen molar-refractivity contribution in [3.63, 3.8) is 0 Å². The smallest absolute Gasteiger partial charge is 0.319 e. The number of hydrogen-bond donors (Lipinski definition) is 2. The van der Waals surface area contributed by atoms with Crippen molar-refractivity contribution in [2.24, 2.45) is 0 Å². The van der Waals surface area contributed by atoms with Crippen molar-refractivity contribution in [2.75, 3.05) is 14.2 Å². The molecule has 6 nitrogen and oxygen atoms in total. The minimum Gasteiger partial charge on any atom is -0.493 e. The molecule has 1 aliphatic carbocycles. The largest absolute Gasteiger partial charge is 0.493 e. The molecular weight excluding hydrogens is 284 g/mol. The van der Waals surface area contributed by atoms with E-state index in [1.807, 2.05) is 6.07 Å². The maximum absolute atomic E-state index is 12.3. The van der Waals surface area contributed by atoms with E-state index < -0.39 is 6.04 Å². The first-order valence-corrected chi connectivity index (χ1v) is 7.19. The molecule has 2 aliphatic rings. The van der Waals surface area contributed by atoms with Gasteiger partial charge in [0.05, 0.1) is 20.3 Å². The molecule has 2 amide bonds. The number of nitrogens with one attached hydrogen (secondary N) is 2. The number of allylic oxidation sites excluding steroid dienone is 1. The molecule has 0 bridgehead atoms. The van der Waals surface area contributed by atoms with E-state index in [0.717, 1.165) is 24.1 Å². The van der Waals surface area contributed by atoms with Gasteiger partial charge in [-0.3, -0.25) is 4.79 Å². The summed E-state index contributed by atoms with van der Waals surface area (Å²) in [6.07, 6.45) is 2.01. The van der Waals surface area contributed by atoms with Gasteiger partial charge < -0.3 is 20.1 Å². The van der Waals surface area contributed by atoms with Gasteiger partial charge in [-0.2, -0.15) is 0 Å². The first kappa shape index (κ1) is 14.4. The van der Waals surface area contributed by atoms with Crippen LogP contribution in [0.15, 0.2) is 29.5 Å². The third kappa shape index (κ3) is 2.41. The third-order valence-electron chi connectivity index (χ3n) is 4.03. The van der Waals surface area contributed by atoms with Gasteiger partial charge in [-0.1, -0.05) is 6.07 Å². The number of carbonyl (C=O) groups is 2. The fourth-order valence-corrected chi connectivity index (χ4v) is 2.99. The zero-order valence-electron chi connectivity index (χ0n) is 12.6. The molecule has 1 aromatic rings. The van der Waals surface area contributed by atoms with Gasteiger partial charge in [0.1, 0.15) is 0 Å². The van der Waals surface area contributed by atoms with Crippen LogP contribution in [0.25, 0.3) is 0 Å². The number of ether oxygens (including phenoxy) is 2. The number of ketones is 1. The van der Waals surface area contributed by atoms with Crippen molar-refractivity contribution in [1.29, 1.82) is 0 Å². The normalized spacial score (nSPS) is 20.9. The summed E-state index contributed by atoms with van der Waals surface area (Å²) in [5, 5.41) is 5.58. The molecule has 3 rings (SSSR count). The predicted octanol–water partition coefficient (Wildman–Crippen LogP) is 2.06. The number of amides is 2. The Morgan fingerprint density at radius 3 is 2.59 bits per heavy atom. The molecule has 116 valence electrons. The summed E-state index contributed by atoms with van der Waals surface area (Å²) in [6, 6.07) is 4.67. The van der Waals surface area contributed by atoms with Gasteiger partial charge in [-0.05, 0) is 30.5 Å². The molecule has 0 fully saturated rings. The van der Waals surface area contributed by atoms with Crippen molar-refractivity contribution in [1.82, 2.24) is 10.6 Å². The maximum atomic E-state index is 12.3. The topological polar surface area (TPSA) is 76.7 Å². The van der Waals surface area contributed by atoms with Crippen molar-refractivity contribution in [3.05, 3.63) is 35.0 Å². The van der Waals surface area contributed by atoms with Gasteiger partial charge in [0.2, 0.25) is 0 Å². The summed E-state index contributed by atoms with van der Waals surface area (Å²) >= 11 is 0. The summed E-state index contributed by atoms with van der Waals surface area (Å²) in [7, 11) is 3.12. The lowest BCUT2D eigenvalue weighted by Gasteiger charge is -2.32. The zero-order chi connectivity index (χ0) is 15.7.